The van der Waals surface area contributed by atoms with Crippen LogP contribution in [0.15, 0.2) is 52.9 Å². The zero-order chi connectivity index (χ0) is 42.2. The summed E-state index contributed by atoms with van der Waals surface area (Å²) in [6.45, 7) is 3.86. The Balaban J connectivity index is 1.74. The third kappa shape index (κ3) is 12.6. The van der Waals surface area contributed by atoms with E-state index in [1.165, 1.54) is 43.3 Å². The van der Waals surface area contributed by atoms with Gasteiger partial charge in [0.15, 0.2) is 12.4 Å². The van der Waals surface area contributed by atoms with Crippen LogP contribution in [0.5, 0.6) is 5.75 Å². The Morgan fingerprint density at radius 1 is 0.930 bits per heavy atom. The summed E-state index contributed by atoms with van der Waals surface area (Å²) < 4.78 is 25.3. The summed E-state index contributed by atoms with van der Waals surface area (Å²) in [6.07, 6.45) is 1.95. The number of amides is 4. The predicted octanol–water partition coefficient (Wildman–Crippen LogP) is 3.52. The van der Waals surface area contributed by atoms with E-state index >= 15 is 0 Å². The number of benzene rings is 2. The number of furan rings is 1. The second-order valence-electron chi connectivity index (χ2n) is 12.6. The molecule has 1 heterocycles. The molecule has 2 aromatic carbocycles. The van der Waals surface area contributed by atoms with Gasteiger partial charge in [-0.15, -0.1) is 0 Å². The Kier molecular flexibility index (Phi) is 16.7. The van der Waals surface area contributed by atoms with Crippen LogP contribution in [0.2, 0.25) is 0 Å². The highest BCUT2D eigenvalue weighted by molar-refractivity contribution is 6.00. The van der Waals surface area contributed by atoms with Gasteiger partial charge in [-0.25, -0.2) is 18.8 Å². The first-order chi connectivity index (χ1) is 27.1. The van der Waals surface area contributed by atoms with Gasteiger partial charge in [-0.05, 0) is 55.7 Å². The molecule has 3 atom stereocenters. The fourth-order valence-electron chi connectivity index (χ4n) is 5.73. The highest BCUT2D eigenvalue weighted by atomic mass is 19.1. The zero-order valence-electron chi connectivity index (χ0n) is 31.2. The van der Waals surface area contributed by atoms with Crippen molar-refractivity contribution >= 4 is 48.0 Å². The number of rotatable bonds is 23. The molecule has 0 bridgehead atoms. The third-order valence-corrected chi connectivity index (χ3v) is 8.57. The highest BCUT2D eigenvalue weighted by Gasteiger charge is 2.34. The van der Waals surface area contributed by atoms with Crippen LogP contribution < -0.4 is 20.7 Å². The van der Waals surface area contributed by atoms with Crippen LogP contribution in [0, 0.1) is 18.7 Å². The van der Waals surface area contributed by atoms with Gasteiger partial charge < -0.3 is 45.3 Å². The lowest BCUT2D eigenvalue weighted by Crippen LogP contribution is -2.49. The second kappa shape index (κ2) is 21.3. The molecule has 18 nitrogen and oxygen atoms in total. The lowest BCUT2D eigenvalue weighted by Gasteiger charge is -2.32. The van der Waals surface area contributed by atoms with Crippen LogP contribution in [0.3, 0.4) is 0 Å². The molecule has 0 aliphatic carbocycles. The number of nitrogens with zero attached hydrogens (tertiary/aromatic N) is 1. The first kappa shape index (κ1) is 44.6. The van der Waals surface area contributed by atoms with Crippen LogP contribution in [0.25, 0.3) is 11.3 Å². The minimum Gasteiger partial charge on any atom is -0.481 e. The molecule has 0 fully saturated rings. The number of nitrogens with one attached hydrogen (secondary N) is 3. The molecular weight excluding hydrogens is 755 g/mol. The van der Waals surface area contributed by atoms with Crippen LogP contribution in [0.4, 0.5) is 4.39 Å². The topological polar surface area (TPSA) is 268 Å². The lowest BCUT2D eigenvalue weighted by molar-refractivity contribution is -0.171. The summed E-state index contributed by atoms with van der Waals surface area (Å²) in [5.74, 6) is -10.2. The first-order valence-electron chi connectivity index (χ1n) is 17.7. The maximum absolute atomic E-state index is 14.5. The predicted molar refractivity (Wildman–Crippen MR) is 195 cm³/mol. The van der Waals surface area contributed by atoms with Crippen molar-refractivity contribution in [2.75, 3.05) is 13.3 Å². The van der Waals surface area contributed by atoms with E-state index < -0.39 is 78.4 Å². The fourth-order valence-corrected chi connectivity index (χ4v) is 5.73. The molecule has 3 aromatic rings. The molecule has 1 aromatic heterocycles. The molecule has 57 heavy (non-hydrogen) atoms. The van der Waals surface area contributed by atoms with Gasteiger partial charge in [0.25, 0.3) is 11.8 Å². The molecule has 3 rings (SSSR count). The van der Waals surface area contributed by atoms with E-state index in [-0.39, 0.29) is 65.4 Å². The first-order valence-corrected chi connectivity index (χ1v) is 17.7. The molecular formula is C38H43FN4O14. The van der Waals surface area contributed by atoms with Gasteiger partial charge >= 0.3 is 23.9 Å². The van der Waals surface area contributed by atoms with Crippen molar-refractivity contribution in [2.45, 2.75) is 71.4 Å². The standard InChI is InChI=1S/C38H43FN4O14/c1-4-6-7-10-23(27(5-2)43(20-44)57-38(54)33-21(3)9-8-11-25(33)39)34(49)40-19-41-36(51)29-15-14-28(56-29)22-12-13-24(30(16-22)55-18-32(47)48)35(50)42-26(37(52)53)17-31(45)46/h8-9,11-16,20,23,26-27H,4-7,10,17-19H2,1-3H3,(H,40,49)(H,41,51)(H,42,50)(H,45,46)(H,47,48)(H,52,53)/t23?,26?,27-/m1/s1. The molecule has 0 saturated carbocycles. The largest absolute Gasteiger partial charge is 0.481 e. The van der Waals surface area contributed by atoms with E-state index in [1.807, 2.05) is 12.2 Å². The van der Waals surface area contributed by atoms with E-state index in [2.05, 4.69) is 10.6 Å². The van der Waals surface area contributed by atoms with E-state index in [9.17, 15) is 47.9 Å². The summed E-state index contributed by atoms with van der Waals surface area (Å²) in [4.78, 5) is 103. The van der Waals surface area contributed by atoms with Crippen molar-refractivity contribution in [3.63, 3.8) is 0 Å². The normalized spacial score (nSPS) is 12.3. The summed E-state index contributed by atoms with van der Waals surface area (Å²) in [7, 11) is 0. The summed E-state index contributed by atoms with van der Waals surface area (Å²) >= 11 is 0. The molecule has 306 valence electrons. The monoisotopic (exact) mass is 798 g/mol. The van der Waals surface area contributed by atoms with Gasteiger partial charge in [-0.3, -0.25) is 24.0 Å². The third-order valence-electron chi connectivity index (χ3n) is 8.57. The number of carbonyl (C=O) groups is 8. The van der Waals surface area contributed by atoms with Gasteiger partial charge in [-0.2, -0.15) is 5.06 Å². The maximum Gasteiger partial charge on any atom is 0.366 e. The van der Waals surface area contributed by atoms with Gasteiger partial charge in [0.2, 0.25) is 12.3 Å². The number of carboxylic acids is 3. The molecule has 6 N–H and O–H groups in total. The van der Waals surface area contributed by atoms with Gasteiger partial charge in [0.1, 0.15) is 28.9 Å². The minimum atomic E-state index is -1.80. The van der Waals surface area contributed by atoms with Crippen molar-refractivity contribution in [3.8, 4) is 17.1 Å². The van der Waals surface area contributed by atoms with Crippen LogP contribution >= 0.6 is 0 Å². The van der Waals surface area contributed by atoms with E-state index in [4.69, 9.17) is 24.2 Å². The van der Waals surface area contributed by atoms with Crippen molar-refractivity contribution in [1.82, 2.24) is 21.0 Å². The second-order valence-corrected chi connectivity index (χ2v) is 12.6. The van der Waals surface area contributed by atoms with Crippen molar-refractivity contribution in [3.05, 3.63) is 76.8 Å². The number of aliphatic carboxylic acids is 3. The number of carboxylic acid groups (broad SMARTS) is 3. The molecule has 19 heteroatoms. The number of unbranched alkanes of at least 4 members (excludes halogenated alkanes) is 2. The van der Waals surface area contributed by atoms with Crippen molar-refractivity contribution in [2.24, 2.45) is 5.92 Å². The minimum absolute atomic E-state index is 0.0569. The smallest absolute Gasteiger partial charge is 0.366 e. The van der Waals surface area contributed by atoms with Gasteiger partial charge in [0.05, 0.1) is 30.6 Å². The zero-order valence-corrected chi connectivity index (χ0v) is 31.2. The molecule has 4 amide bonds. The number of hydrogen-bond acceptors (Lipinski definition) is 11. The highest BCUT2D eigenvalue weighted by Crippen LogP contribution is 2.30. The number of halogens is 1. The summed E-state index contributed by atoms with van der Waals surface area (Å²) in [5, 5.41) is 35.2. The molecule has 0 aliphatic heterocycles. The Bertz CT molecular complexity index is 1940. The fraction of sp³-hybridized carbons (Fsp3) is 0.368. The number of hydrogen-bond donors (Lipinski definition) is 6. The van der Waals surface area contributed by atoms with Crippen LogP contribution in [-0.4, -0.2) is 93.8 Å². The SMILES string of the molecule is CCCCCC(C(=O)NCNC(=O)c1ccc(-c2ccc(C(=O)NC(CC(=O)O)C(=O)O)c(OCC(=O)O)c2)o1)[C@@H](CC)N(C=O)OC(=O)c1c(C)cccc1F. The van der Waals surface area contributed by atoms with E-state index in [0.717, 1.165) is 25.0 Å². The Morgan fingerprint density at radius 2 is 1.67 bits per heavy atom. The Labute approximate surface area is 325 Å². The molecule has 0 radical (unpaired) electrons. The van der Waals surface area contributed by atoms with Gasteiger partial charge in [0, 0.05) is 5.56 Å². The van der Waals surface area contributed by atoms with Crippen molar-refractivity contribution < 1.29 is 72.1 Å². The van der Waals surface area contributed by atoms with Gasteiger partial charge in [-0.1, -0.05) is 51.3 Å². The van der Waals surface area contributed by atoms with Crippen LogP contribution in [-0.2, 0) is 28.8 Å². The molecule has 0 aliphatic rings. The summed E-state index contributed by atoms with van der Waals surface area (Å²) in [5.41, 5.74) is -0.182. The van der Waals surface area contributed by atoms with E-state index in [0.29, 0.717) is 11.5 Å². The Hall–Kier alpha value is -6.79. The Morgan fingerprint density at radius 3 is 2.28 bits per heavy atom. The average molecular weight is 799 g/mol. The quantitative estimate of drug-likeness (QED) is 0.0347. The summed E-state index contributed by atoms with van der Waals surface area (Å²) in [6, 6.07) is 7.63. The number of ether oxygens (including phenoxy) is 1. The number of carbonyl (C=O) groups excluding carboxylic acids is 5. The number of aryl methyl sites for hydroxylation is 1. The van der Waals surface area contributed by atoms with Crippen LogP contribution in [0.1, 0.15) is 89.2 Å². The number of hydroxylamine groups is 2. The molecule has 0 saturated heterocycles. The van der Waals surface area contributed by atoms with E-state index in [1.54, 1.807) is 6.92 Å². The maximum atomic E-state index is 14.5. The molecule has 2 unspecified atom stereocenters. The lowest BCUT2D eigenvalue weighted by atomic mass is 9.90. The average Bonchev–Trinajstić information content (AvgIpc) is 3.66. The molecule has 0 spiro atoms. The van der Waals surface area contributed by atoms with Crippen molar-refractivity contribution in [1.29, 1.82) is 0 Å².